The van der Waals surface area contributed by atoms with Gasteiger partial charge in [-0.05, 0) is 54.2 Å². The molecule has 0 aromatic heterocycles. The lowest BCUT2D eigenvalue weighted by Crippen LogP contribution is -2.58. The Bertz CT molecular complexity index is 621. The maximum atomic E-state index is 12.4. The van der Waals surface area contributed by atoms with Gasteiger partial charge in [-0.1, -0.05) is 38.1 Å². The topological polar surface area (TPSA) is 75.4 Å². The van der Waals surface area contributed by atoms with Crippen molar-refractivity contribution >= 4 is 5.91 Å². The van der Waals surface area contributed by atoms with E-state index in [0.717, 1.165) is 17.6 Å². The van der Waals surface area contributed by atoms with Gasteiger partial charge in [0.25, 0.3) is 0 Å². The fourth-order valence-corrected chi connectivity index (χ4v) is 4.13. The van der Waals surface area contributed by atoms with Crippen molar-refractivity contribution in [2.45, 2.75) is 45.2 Å². The van der Waals surface area contributed by atoms with Crippen molar-refractivity contribution in [3.8, 4) is 5.75 Å². The molecule has 23 heavy (non-hydrogen) atoms. The first kappa shape index (κ1) is 16.1. The van der Waals surface area contributed by atoms with Crippen molar-refractivity contribution in [3.63, 3.8) is 0 Å². The van der Waals surface area contributed by atoms with Crippen LogP contribution < -0.4 is 11.1 Å². The Hall–Kier alpha value is -1.81. The minimum Gasteiger partial charge on any atom is -0.508 e. The summed E-state index contributed by atoms with van der Waals surface area (Å²) in [5.41, 5.74) is 8.47. The first-order valence-electron chi connectivity index (χ1n) is 8.31. The molecule has 4 atom stereocenters. The third-order valence-corrected chi connectivity index (χ3v) is 5.93. The number of amides is 1. The van der Waals surface area contributed by atoms with E-state index in [4.69, 9.17) is 5.73 Å². The largest absolute Gasteiger partial charge is 0.508 e. The van der Waals surface area contributed by atoms with E-state index in [2.05, 4.69) is 25.7 Å². The molecule has 1 aromatic carbocycles. The fraction of sp³-hybridized carbons (Fsp3) is 0.526. The van der Waals surface area contributed by atoms with Crippen LogP contribution in [0.1, 0.15) is 32.3 Å². The zero-order valence-electron chi connectivity index (χ0n) is 13.9. The molecule has 3 aliphatic carbocycles. The number of phenols is 1. The van der Waals surface area contributed by atoms with Crippen LogP contribution in [0.3, 0.4) is 0 Å². The summed E-state index contributed by atoms with van der Waals surface area (Å²) in [5, 5.41) is 12.4. The van der Waals surface area contributed by atoms with Gasteiger partial charge < -0.3 is 16.2 Å². The zero-order chi connectivity index (χ0) is 16.8. The van der Waals surface area contributed by atoms with Crippen LogP contribution in [0.4, 0.5) is 0 Å². The molecule has 0 radical (unpaired) electrons. The van der Waals surface area contributed by atoms with E-state index >= 15 is 0 Å². The number of hydrogen-bond donors (Lipinski definition) is 3. The summed E-state index contributed by atoms with van der Waals surface area (Å²) >= 11 is 0. The fourth-order valence-electron chi connectivity index (χ4n) is 4.13. The smallest absolute Gasteiger partial charge is 0.237 e. The van der Waals surface area contributed by atoms with Crippen molar-refractivity contribution in [2.75, 3.05) is 0 Å². The summed E-state index contributed by atoms with van der Waals surface area (Å²) in [4.78, 5) is 12.4. The number of nitrogens with one attached hydrogen (secondary N) is 1. The molecule has 0 spiro atoms. The number of nitrogens with two attached hydrogens (primary N) is 1. The van der Waals surface area contributed by atoms with Crippen molar-refractivity contribution in [2.24, 2.45) is 23.0 Å². The third kappa shape index (κ3) is 2.88. The number of phenolic OH excluding ortho intramolecular Hbond substituents is 1. The van der Waals surface area contributed by atoms with Crippen LogP contribution >= 0.6 is 0 Å². The van der Waals surface area contributed by atoms with Gasteiger partial charge in [-0.2, -0.15) is 0 Å². The molecule has 4 N–H and O–H groups in total. The maximum absolute atomic E-state index is 12.4. The molecule has 1 amide bonds. The summed E-state index contributed by atoms with van der Waals surface area (Å²) in [6.07, 6.45) is 2.64. The Morgan fingerprint density at radius 3 is 2.61 bits per heavy atom. The second-order valence-corrected chi connectivity index (χ2v) is 7.66. The minimum absolute atomic E-state index is 0.0603. The van der Waals surface area contributed by atoms with E-state index in [1.54, 1.807) is 24.3 Å². The molecule has 3 saturated carbocycles. The van der Waals surface area contributed by atoms with Gasteiger partial charge in [0.15, 0.2) is 0 Å². The summed E-state index contributed by atoms with van der Waals surface area (Å²) in [6.45, 7) is 8.83. The molecular weight excluding hydrogens is 288 g/mol. The molecule has 1 unspecified atom stereocenters. The average Bonchev–Trinajstić information content (AvgIpc) is 2.50. The van der Waals surface area contributed by atoms with E-state index in [0.29, 0.717) is 23.7 Å². The molecule has 1 aromatic rings. The maximum Gasteiger partial charge on any atom is 0.237 e. The zero-order valence-corrected chi connectivity index (χ0v) is 13.9. The van der Waals surface area contributed by atoms with E-state index in [1.165, 1.54) is 6.42 Å². The lowest BCUT2D eigenvalue weighted by atomic mass is 9.46. The van der Waals surface area contributed by atoms with E-state index in [-0.39, 0.29) is 17.7 Å². The van der Waals surface area contributed by atoms with E-state index in [1.807, 2.05) is 0 Å². The molecule has 4 nitrogen and oxygen atoms in total. The quantitative estimate of drug-likeness (QED) is 0.747. The van der Waals surface area contributed by atoms with Crippen molar-refractivity contribution in [1.82, 2.24) is 5.32 Å². The number of aromatic hydroxyl groups is 1. The van der Waals surface area contributed by atoms with E-state index < -0.39 is 6.04 Å². The van der Waals surface area contributed by atoms with Gasteiger partial charge in [0.1, 0.15) is 5.75 Å². The molecule has 4 heteroatoms. The predicted octanol–water partition coefficient (Wildman–Crippen LogP) is 2.37. The van der Waals surface area contributed by atoms with Crippen LogP contribution in [0.2, 0.25) is 0 Å². The normalized spacial score (nSPS) is 29.5. The lowest BCUT2D eigenvalue weighted by molar-refractivity contribution is -0.124. The standard InChI is InChI=1S/C19H26N2O2/c1-11-15-9-13(19(15,2)3)10-17(11)21-18(23)16(20)8-12-4-6-14(22)7-5-12/h4-7,13,15-17,22H,1,8-10,20H2,2-3H3,(H,21,23)/t13-,15+,16-,17?/m1/s1. The molecular formula is C19H26N2O2. The van der Waals surface area contributed by atoms with Gasteiger partial charge in [0.2, 0.25) is 5.91 Å². The van der Waals surface area contributed by atoms with Crippen LogP contribution in [0, 0.1) is 17.3 Å². The van der Waals surface area contributed by atoms with Crippen LogP contribution in [-0.2, 0) is 11.2 Å². The van der Waals surface area contributed by atoms with Crippen molar-refractivity contribution in [3.05, 3.63) is 42.0 Å². The Morgan fingerprint density at radius 2 is 2.04 bits per heavy atom. The SMILES string of the molecule is C=C1C(NC(=O)[C@H](N)Cc2ccc(O)cc2)C[C@H]2C[C@@H]1C2(C)C. The minimum atomic E-state index is -0.585. The number of benzene rings is 1. The Balaban J connectivity index is 1.57. The number of carbonyl (C=O) groups is 1. The monoisotopic (exact) mass is 314 g/mol. The molecule has 3 fully saturated rings. The van der Waals surface area contributed by atoms with Crippen LogP contribution in [0.5, 0.6) is 5.75 Å². The molecule has 3 aliphatic rings. The van der Waals surface area contributed by atoms with Crippen LogP contribution in [0.25, 0.3) is 0 Å². The van der Waals surface area contributed by atoms with Crippen LogP contribution in [0.15, 0.2) is 36.4 Å². The summed E-state index contributed by atoms with van der Waals surface area (Å²) in [5.74, 6) is 1.27. The number of carbonyl (C=O) groups excluding carboxylic acids is 1. The number of hydrogen-bond acceptors (Lipinski definition) is 3. The first-order valence-corrected chi connectivity index (χ1v) is 8.31. The van der Waals surface area contributed by atoms with Gasteiger partial charge in [-0.3, -0.25) is 4.79 Å². The predicted molar refractivity (Wildman–Crippen MR) is 90.9 cm³/mol. The average molecular weight is 314 g/mol. The highest BCUT2D eigenvalue weighted by Crippen LogP contribution is 2.60. The Labute approximate surface area is 137 Å². The molecule has 4 rings (SSSR count). The highest BCUT2D eigenvalue weighted by molar-refractivity contribution is 5.82. The van der Waals surface area contributed by atoms with Crippen molar-refractivity contribution in [1.29, 1.82) is 0 Å². The van der Waals surface area contributed by atoms with E-state index in [9.17, 15) is 9.90 Å². The summed E-state index contributed by atoms with van der Waals surface area (Å²) < 4.78 is 0. The molecule has 0 heterocycles. The Morgan fingerprint density at radius 1 is 1.39 bits per heavy atom. The molecule has 2 bridgehead atoms. The first-order chi connectivity index (χ1) is 10.8. The number of rotatable bonds is 4. The second-order valence-electron chi connectivity index (χ2n) is 7.66. The lowest BCUT2D eigenvalue weighted by Gasteiger charge is -2.60. The van der Waals surface area contributed by atoms with Gasteiger partial charge in [0, 0.05) is 0 Å². The second kappa shape index (κ2) is 5.68. The summed E-state index contributed by atoms with van der Waals surface area (Å²) in [7, 11) is 0. The van der Waals surface area contributed by atoms with Crippen molar-refractivity contribution < 1.29 is 9.90 Å². The third-order valence-electron chi connectivity index (χ3n) is 5.93. The van der Waals surface area contributed by atoms with Gasteiger partial charge >= 0.3 is 0 Å². The molecule has 124 valence electrons. The Kier molecular flexibility index (Phi) is 3.96. The summed E-state index contributed by atoms with van der Waals surface area (Å²) in [6, 6.07) is 6.28. The van der Waals surface area contributed by atoms with Gasteiger partial charge in [-0.15, -0.1) is 0 Å². The molecule has 0 aliphatic heterocycles. The highest BCUT2D eigenvalue weighted by Gasteiger charge is 2.54. The van der Waals surface area contributed by atoms with Crippen LogP contribution in [-0.4, -0.2) is 23.1 Å². The number of fused-ring (bicyclic) bond motifs is 2. The van der Waals surface area contributed by atoms with Gasteiger partial charge in [0.05, 0.1) is 12.1 Å². The highest BCUT2D eigenvalue weighted by atomic mass is 16.3. The molecule has 0 saturated heterocycles. The van der Waals surface area contributed by atoms with Gasteiger partial charge in [-0.25, -0.2) is 0 Å².